The lowest BCUT2D eigenvalue weighted by molar-refractivity contribution is -0.130. The van der Waals surface area contributed by atoms with Crippen LogP contribution in [-0.4, -0.2) is 57.9 Å². The van der Waals surface area contributed by atoms with Gasteiger partial charge in [-0.2, -0.15) is 10.2 Å². The Morgan fingerprint density at radius 2 is 1.76 bits per heavy atom. The Morgan fingerprint density at radius 3 is 2.27 bits per heavy atom. The number of aromatic nitrogens is 2. The van der Waals surface area contributed by atoms with Crippen LogP contribution in [0.1, 0.15) is 75.0 Å². The number of aromatic amines is 1. The normalized spacial score (nSPS) is 18.0. The van der Waals surface area contributed by atoms with E-state index in [-0.39, 0.29) is 24.3 Å². The van der Waals surface area contributed by atoms with Crippen LogP contribution in [0.5, 0.6) is 0 Å². The van der Waals surface area contributed by atoms with Gasteiger partial charge < -0.3 is 26.2 Å². The van der Waals surface area contributed by atoms with E-state index >= 15 is 0 Å². The highest BCUT2D eigenvalue weighted by Gasteiger charge is 2.45. The van der Waals surface area contributed by atoms with Gasteiger partial charge in [0.15, 0.2) is 5.82 Å². The Balaban J connectivity index is 1.61. The van der Waals surface area contributed by atoms with Crippen molar-refractivity contribution in [2.75, 3.05) is 13.1 Å². The molecule has 12 nitrogen and oxygen atoms in total. The Bertz CT molecular complexity index is 1550. The fourth-order valence-corrected chi connectivity index (χ4v) is 6.23. The van der Waals surface area contributed by atoms with Crippen LogP contribution >= 0.6 is 0 Å². The van der Waals surface area contributed by atoms with E-state index in [4.69, 9.17) is 16.0 Å². The number of rotatable bonds is 8. The van der Waals surface area contributed by atoms with Crippen molar-refractivity contribution in [2.45, 2.75) is 56.5 Å². The molecule has 1 aliphatic heterocycles. The van der Waals surface area contributed by atoms with Gasteiger partial charge in [0.05, 0.1) is 18.0 Å². The zero-order valence-electron chi connectivity index (χ0n) is 22.6. The molecule has 1 aromatic heterocycles. The molecule has 2 heterocycles. The van der Waals surface area contributed by atoms with Crippen molar-refractivity contribution in [3.8, 4) is 6.07 Å². The molecule has 3 aromatic rings. The quantitative estimate of drug-likeness (QED) is 0.312. The van der Waals surface area contributed by atoms with E-state index in [1.54, 1.807) is 41.3 Å². The smallest absolute Gasteiger partial charge is 0.366 e. The highest BCUT2D eigenvalue weighted by atomic mass is 16.5. The summed E-state index contributed by atoms with van der Waals surface area (Å²) in [6.07, 6.45) is 2.79. The van der Waals surface area contributed by atoms with Crippen LogP contribution < -0.4 is 22.5 Å². The second-order valence-electron chi connectivity index (χ2n) is 10.7. The minimum Gasteiger partial charge on any atom is -0.366 e. The van der Waals surface area contributed by atoms with Gasteiger partial charge in [-0.15, -0.1) is 0 Å². The zero-order valence-corrected chi connectivity index (χ0v) is 22.6. The van der Waals surface area contributed by atoms with Crippen molar-refractivity contribution in [2.24, 2.45) is 11.5 Å². The molecular weight excluding hydrogens is 526 g/mol. The molecular formula is C29H31N7O5. The Kier molecular flexibility index (Phi) is 7.47. The van der Waals surface area contributed by atoms with Gasteiger partial charge in [0.2, 0.25) is 17.7 Å². The van der Waals surface area contributed by atoms with Crippen molar-refractivity contribution in [1.82, 2.24) is 20.4 Å². The van der Waals surface area contributed by atoms with Crippen LogP contribution in [0.3, 0.4) is 0 Å². The highest BCUT2D eigenvalue weighted by Crippen LogP contribution is 2.47. The monoisotopic (exact) mass is 557 g/mol. The molecule has 0 bridgehead atoms. The number of nitrogens with one attached hydrogen (secondary N) is 2. The van der Waals surface area contributed by atoms with Crippen molar-refractivity contribution in [3.63, 3.8) is 0 Å². The Morgan fingerprint density at radius 1 is 1.15 bits per heavy atom. The van der Waals surface area contributed by atoms with E-state index < -0.39 is 29.0 Å². The predicted molar refractivity (Wildman–Crippen MR) is 147 cm³/mol. The first-order valence-corrected chi connectivity index (χ1v) is 13.5. The van der Waals surface area contributed by atoms with Crippen LogP contribution in [0.25, 0.3) is 0 Å². The van der Waals surface area contributed by atoms with E-state index in [0.717, 1.165) is 28.7 Å². The topological polar surface area (TPSA) is 201 Å². The number of H-pyrrole nitrogens is 1. The predicted octanol–water partition coefficient (Wildman–Crippen LogP) is 0.876. The molecule has 212 valence electrons. The summed E-state index contributed by atoms with van der Waals surface area (Å²) in [5.74, 6) is -1.87. The summed E-state index contributed by atoms with van der Waals surface area (Å²) in [7, 11) is 0. The van der Waals surface area contributed by atoms with Crippen molar-refractivity contribution < 1.29 is 18.9 Å². The molecule has 0 saturated carbocycles. The van der Waals surface area contributed by atoms with Crippen LogP contribution in [0.4, 0.5) is 0 Å². The third-order valence-corrected chi connectivity index (χ3v) is 8.14. The maximum atomic E-state index is 13.0. The number of carbonyl (C=O) groups excluding carboxylic acids is 3. The number of nitrogens with two attached hydrogens (primary N) is 2. The van der Waals surface area contributed by atoms with Crippen LogP contribution in [0.15, 0.2) is 45.7 Å². The molecule has 0 unspecified atom stereocenters. The van der Waals surface area contributed by atoms with Gasteiger partial charge >= 0.3 is 5.76 Å². The van der Waals surface area contributed by atoms with Gasteiger partial charge in [-0.05, 0) is 85.5 Å². The average Bonchev–Trinajstić information content (AvgIpc) is 3.60. The number of benzene rings is 2. The summed E-state index contributed by atoms with van der Waals surface area (Å²) < 4.78 is 5.06. The highest BCUT2D eigenvalue weighted by molar-refractivity contribution is 5.94. The standard InChI is InChI=1S/C29H31N7O5/c1-16(33-15-24(37)36-10-2-3-21(36)14-30)13-29(27-34-28(40)41-35-27)22-8-6-19(25(31)38)11-17(22)4-5-18-12-20(26(32)39)7-9-23(18)29/h6-9,11-12,16,21,33H,2-5,10,13,15H2,1H3,(H2,31,38)(H2,32,39)(H,34,35,40)/t16-,21-/m0/s1. The molecule has 1 fully saturated rings. The fraction of sp³-hybridized carbons (Fsp3) is 0.379. The lowest BCUT2D eigenvalue weighted by Crippen LogP contribution is -2.45. The Labute approximate surface area is 235 Å². The first-order chi connectivity index (χ1) is 19.6. The molecule has 0 radical (unpaired) electrons. The van der Waals surface area contributed by atoms with Crippen LogP contribution in [0.2, 0.25) is 0 Å². The van der Waals surface area contributed by atoms with Gasteiger partial charge in [0.1, 0.15) is 6.04 Å². The molecule has 6 N–H and O–H groups in total. The van der Waals surface area contributed by atoms with E-state index in [0.29, 0.717) is 43.4 Å². The van der Waals surface area contributed by atoms with Gasteiger partial charge in [0, 0.05) is 23.7 Å². The number of nitrogens with zero attached hydrogens (tertiary/aromatic N) is 3. The molecule has 5 rings (SSSR count). The van der Waals surface area contributed by atoms with Gasteiger partial charge in [-0.25, -0.2) is 9.95 Å². The minimum atomic E-state index is -1.10. The summed E-state index contributed by atoms with van der Waals surface area (Å²) >= 11 is 0. The molecule has 3 amide bonds. The number of hydrogen-bond donors (Lipinski definition) is 4. The summed E-state index contributed by atoms with van der Waals surface area (Å²) in [4.78, 5) is 55.1. The zero-order chi connectivity index (χ0) is 29.3. The van der Waals surface area contributed by atoms with E-state index in [1.165, 1.54) is 0 Å². The maximum absolute atomic E-state index is 13.0. The molecule has 2 atom stereocenters. The molecule has 1 saturated heterocycles. The van der Waals surface area contributed by atoms with E-state index in [9.17, 15) is 24.4 Å². The Hall–Kier alpha value is -4.76. The first-order valence-electron chi connectivity index (χ1n) is 13.5. The molecule has 0 spiro atoms. The number of amides is 3. The lowest BCUT2D eigenvalue weighted by Gasteiger charge is -2.37. The summed E-state index contributed by atoms with van der Waals surface area (Å²) in [5, 5.41) is 15.4. The van der Waals surface area contributed by atoms with E-state index in [2.05, 4.69) is 21.5 Å². The number of hydrogen-bond acceptors (Lipinski definition) is 8. The number of likely N-dealkylation sites (tertiary alicyclic amines) is 1. The number of primary amides is 2. The summed E-state index contributed by atoms with van der Waals surface area (Å²) in [5.41, 5.74) is 14.0. The van der Waals surface area contributed by atoms with Crippen molar-refractivity contribution >= 4 is 17.7 Å². The molecule has 41 heavy (non-hydrogen) atoms. The summed E-state index contributed by atoms with van der Waals surface area (Å²) in [6, 6.07) is 11.8. The SMILES string of the molecule is C[C@@H](CC1(c2nc(=O)o[nH]2)c2ccc(C(N)=O)cc2CCc2cc(C(N)=O)ccc21)NCC(=O)N1CCC[C@H]1C#N. The summed E-state index contributed by atoms with van der Waals surface area (Å²) in [6.45, 7) is 2.48. The minimum absolute atomic E-state index is 0.0195. The van der Waals surface area contributed by atoms with Gasteiger partial charge in [0.25, 0.3) is 0 Å². The lowest BCUT2D eigenvalue weighted by atomic mass is 9.67. The van der Waals surface area contributed by atoms with Crippen molar-refractivity contribution in [3.05, 3.63) is 86.2 Å². The van der Waals surface area contributed by atoms with E-state index in [1.807, 2.05) is 6.92 Å². The molecule has 2 aliphatic rings. The largest absolute Gasteiger partial charge is 0.459 e. The average molecular weight is 558 g/mol. The number of fused-ring (bicyclic) bond motifs is 2. The second-order valence-corrected chi connectivity index (χ2v) is 10.7. The molecule has 2 aromatic carbocycles. The van der Waals surface area contributed by atoms with Crippen molar-refractivity contribution in [1.29, 1.82) is 5.26 Å². The maximum Gasteiger partial charge on any atom is 0.459 e. The number of aryl methyl sites for hydroxylation is 2. The second kappa shape index (κ2) is 11.0. The van der Waals surface area contributed by atoms with Gasteiger partial charge in [-0.1, -0.05) is 12.1 Å². The molecule has 12 heteroatoms. The van der Waals surface area contributed by atoms with Crippen LogP contribution in [0, 0.1) is 11.3 Å². The van der Waals surface area contributed by atoms with Gasteiger partial charge in [-0.3, -0.25) is 14.4 Å². The first kappa shape index (κ1) is 27.8. The number of nitriles is 1. The third kappa shape index (κ3) is 5.12. The molecule has 1 aliphatic carbocycles. The number of carbonyl (C=O) groups is 3. The third-order valence-electron chi connectivity index (χ3n) is 8.14. The fourth-order valence-electron chi connectivity index (χ4n) is 6.23. The van der Waals surface area contributed by atoms with Crippen LogP contribution in [-0.2, 0) is 23.1 Å².